The van der Waals surface area contributed by atoms with E-state index in [2.05, 4.69) is 33.9 Å². The number of nitrogens with zero attached hydrogens (tertiary/aromatic N) is 3. The van der Waals surface area contributed by atoms with Crippen LogP contribution in [0.15, 0.2) is 0 Å². The maximum atomic E-state index is 9.93. The number of hydrogen-bond donors (Lipinski definition) is 3. The maximum Gasteiger partial charge on any atom is 0.141 e. The van der Waals surface area contributed by atoms with Crippen molar-refractivity contribution >= 4 is 5.82 Å². The minimum absolute atomic E-state index is 0.0761. The summed E-state index contributed by atoms with van der Waals surface area (Å²) >= 11 is 0. The minimum Gasteiger partial charge on any atom is -0.383 e. The Morgan fingerprint density at radius 2 is 2.07 bits per heavy atom. The lowest BCUT2D eigenvalue weighted by atomic mass is 9.75. The Bertz CT molecular complexity index is 805. The smallest absolute Gasteiger partial charge is 0.141 e. The van der Waals surface area contributed by atoms with Crippen LogP contribution >= 0.6 is 0 Å². The number of nitrogens with one attached hydrogen (secondary N) is 2. The monoisotopic (exact) mass is 368 g/mol. The van der Waals surface area contributed by atoms with Crippen LogP contribution in [0.4, 0.5) is 5.82 Å². The van der Waals surface area contributed by atoms with E-state index in [1.807, 2.05) is 0 Å². The molecule has 6 atom stereocenters. The molecule has 3 aliphatic heterocycles. The number of aromatic nitrogens is 1. The van der Waals surface area contributed by atoms with E-state index in [-0.39, 0.29) is 12.1 Å². The number of hydrazine groups is 1. The molecular formula is C20H28N6O. The number of nitriles is 1. The van der Waals surface area contributed by atoms with Gasteiger partial charge in [-0.2, -0.15) is 5.26 Å². The average molecular weight is 368 g/mol. The van der Waals surface area contributed by atoms with E-state index >= 15 is 0 Å². The van der Waals surface area contributed by atoms with Gasteiger partial charge in [0.05, 0.1) is 17.7 Å². The van der Waals surface area contributed by atoms with Crippen LogP contribution < -0.4 is 16.6 Å². The van der Waals surface area contributed by atoms with Gasteiger partial charge in [0.25, 0.3) is 0 Å². The number of pyridine rings is 1. The van der Waals surface area contributed by atoms with Gasteiger partial charge in [-0.25, -0.2) is 10.4 Å². The molecule has 4 heterocycles. The number of rotatable bonds is 2. The van der Waals surface area contributed by atoms with Crippen molar-refractivity contribution in [1.82, 2.24) is 20.7 Å². The van der Waals surface area contributed by atoms with Crippen LogP contribution in [-0.4, -0.2) is 42.2 Å². The van der Waals surface area contributed by atoms with Gasteiger partial charge in [-0.05, 0) is 56.2 Å². The molecular weight excluding hydrogens is 340 g/mol. The van der Waals surface area contributed by atoms with Crippen molar-refractivity contribution in [3.05, 3.63) is 22.4 Å². The fraction of sp³-hybridized carbons (Fsp3) is 0.700. The predicted molar refractivity (Wildman–Crippen MR) is 102 cm³/mol. The molecule has 7 nitrogen and oxygen atoms in total. The standard InChI is InChI=1S/C20H28N6O/c1-26-10-3-6-16(26)18-15(7-10)23-20(22)13(9-21)17(18)19-12-8-11(27-2)4-5-14(12)24-25-19/h10-12,14,16,19,24-25H,3-8H2,1-2H3,(H2,22,23)/t10-,11?,12?,14?,16+,19?/m1/s1. The number of ether oxygens (including phenoxy) is 1. The van der Waals surface area contributed by atoms with Gasteiger partial charge in [-0.15, -0.1) is 0 Å². The van der Waals surface area contributed by atoms with E-state index in [9.17, 15) is 5.26 Å². The third-order valence-electron chi connectivity index (χ3n) is 7.45. The Balaban J connectivity index is 1.64. The summed E-state index contributed by atoms with van der Waals surface area (Å²) in [4.78, 5) is 7.16. The number of nitrogen functional groups attached to an aromatic ring is 1. The van der Waals surface area contributed by atoms with E-state index < -0.39 is 0 Å². The minimum atomic E-state index is 0.0761. The highest BCUT2D eigenvalue weighted by Gasteiger charge is 2.47. The molecule has 1 aliphatic carbocycles. The highest BCUT2D eigenvalue weighted by atomic mass is 16.5. The molecule has 1 aromatic heterocycles. The van der Waals surface area contributed by atoms with Crippen LogP contribution in [0.3, 0.4) is 0 Å². The molecule has 5 rings (SSSR count). The lowest BCUT2D eigenvalue weighted by molar-refractivity contribution is 0.0437. The molecule has 2 bridgehead atoms. The van der Waals surface area contributed by atoms with Crippen LogP contribution in [0.25, 0.3) is 0 Å². The highest BCUT2D eigenvalue weighted by molar-refractivity contribution is 5.60. The molecule has 1 saturated carbocycles. The molecule has 0 radical (unpaired) electrons. The summed E-state index contributed by atoms with van der Waals surface area (Å²) in [5.41, 5.74) is 17.3. The lowest BCUT2D eigenvalue weighted by Gasteiger charge is -2.37. The first-order valence-corrected chi connectivity index (χ1v) is 10.1. The van der Waals surface area contributed by atoms with Gasteiger partial charge in [0.1, 0.15) is 11.9 Å². The quantitative estimate of drug-likeness (QED) is 0.728. The van der Waals surface area contributed by atoms with Gasteiger partial charge in [0.15, 0.2) is 0 Å². The highest BCUT2D eigenvalue weighted by Crippen LogP contribution is 2.49. The SMILES string of the molecule is COC1CCC2NNC(c3c(C#N)c(N)nc4c3[C@@H]3CC[C@H](C4)N3C)C2C1. The normalized spacial score (nSPS) is 37.7. The van der Waals surface area contributed by atoms with Gasteiger partial charge in [0.2, 0.25) is 0 Å². The first kappa shape index (κ1) is 17.4. The molecule has 4 aliphatic rings. The zero-order valence-corrected chi connectivity index (χ0v) is 16.0. The molecule has 2 saturated heterocycles. The van der Waals surface area contributed by atoms with Crippen LogP contribution in [0.2, 0.25) is 0 Å². The van der Waals surface area contributed by atoms with Crippen molar-refractivity contribution < 1.29 is 4.74 Å². The zero-order valence-electron chi connectivity index (χ0n) is 16.0. The van der Waals surface area contributed by atoms with E-state index in [0.29, 0.717) is 35.4 Å². The van der Waals surface area contributed by atoms with Crippen molar-refractivity contribution in [3.8, 4) is 6.07 Å². The second kappa shape index (κ2) is 6.42. The summed E-state index contributed by atoms with van der Waals surface area (Å²) in [6, 6.07) is 3.76. The molecule has 3 fully saturated rings. The number of fused-ring (bicyclic) bond motifs is 5. The molecule has 0 aromatic carbocycles. The third kappa shape index (κ3) is 2.51. The van der Waals surface area contributed by atoms with Crippen molar-refractivity contribution in [2.45, 2.75) is 68.8 Å². The summed E-state index contributed by atoms with van der Waals surface area (Å²) in [6.45, 7) is 0. The molecule has 4 N–H and O–H groups in total. The Morgan fingerprint density at radius 3 is 2.85 bits per heavy atom. The second-order valence-electron chi connectivity index (χ2n) is 8.58. The van der Waals surface area contributed by atoms with E-state index in [1.165, 1.54) is 12.0 Å². The summed E-state index contributed by atoms with van der Waals surface area (Å²) in [6.07, 6.45) is 6.70. The summed E-state index contributed by atoms with van der Waals surface area (Å²) in [7, 11) is 4.01. The van der Waals surface area contributed by atoms with Crippen molar-refractivity contribution in [1.29, 1.82) is 5.26 Å². The van der Waals surface area contributed by atoms with Gasteiger partial charge in [0, 0.05) is 37.4 Å². The summed E-state index contributed by atoms with van der Waals surface area (Å²) < 4.78 is 5.68. The summed E-state index contributed by atoms with van der Waals surface area (Å²) in [5, 5.41) is 9.93. The van der Waals surface area contributed by atoms with Gasteiger partial charge in [-0.1, -0.05) is 0 Å². The number of nitrogens with two attached hydrogens (primary N) is 1. The fourth-order valence-electron chi connectivity index (χ4n) is 6.00. The van der Waals surface area contributed by atoms with Crippen molar-refractivity contribution in [3.63, 3.8) is 0 Å². The molecule has 144 valence electrons. The molecule has 0 amide bonds. The summed E-state index contributed by atoms with van der Waals surface area (Å²) in [5.74, 6) is 0.783. The first-order valence-electron chi connectivity index (χ1n) is 10.1. The number of hydrogen-bond acceptors (Lipinski definition) is 7. The Kier molecular flexibility index (Phi) is 4.13. The zero-order chi connectivity index (χ0) is 18.7. The van der Waals surface area contributed by atoms with E-state index in [0.717, 1.165) is 43.4 Å². The van der Waals surface area contributed by atoms with Crippen LogP contribution in [-0.2, 0) is 11.2 Å². The van der Waals surface area contributed by atoms with Gasteiger partial charge in [-0.3, -0.25) is 10.3 Å². The second-order valence-corrected chi connectivity index (χ2v) is 8.58. The molecule has 7 heteroatoms. The van der Waals surface area contributed by atoms with E-state index in [4.69, 9.17) is 10.5 Å². The van der Waals surface area contributed by atoms with Crippen molar-refractivity contribution in [2.75, 3.05) is 19.9 Å². The molecule has 1 aromatic rings. The van der Waals surface area contributed by atoms with Crippen LogP contribution in [0, 0.1) is 17.2 Å². The number of methoxy groups -OCH3 is 1. The Morgan fingerprint density at radius 1 is 1.22 bits per heavy atom. The Hall–Kier alpha value is -1.72. The largest absolute Gasteiger partial charge is 0.383 e. The third-order valence-corrected chi connectivity index (χ3v) is 7.45. The molecule has 4 unspecified atom stereocenters. The van der Waals surface area contributed by atoms with Crippen molar-refractivity contribution in [2.24, 2.45) is 5.92 Å². The molecule has 27 heavy (non-hydrogen) atoms. The fourth-order valence-corrected chi connectivity index (χ4v) is 6.00. The lowest BCUT2D eigenvalue weighted by Crippen LogP contribution is -2.38. The van der Waals surface area contributed by atoms with Crippen LogP contribution in [0.5, 0.6) is 0 Å². The Labute approximate surface area is 160 Å². The molecule has 0 spiro atoms. The topological polar surface area (TPSA) is 99.2 Å². The maximum absolute atomic E-state index is 9.93. The van der Waals surface area contributed by atoms with Crippen LogP contribution in [0.1, 0.15) is 66.6 Å². The average Bonchev–Trinajstić information content (AvgIpc) is 3.18. The van der Waals surface area contributed by atoms with Gasteiger partial charge >= 0.3 is 0 Å². The number of anilines is 1. The van der Waals surface area contributed by atoms with E-state index in [1.54, 1.807) is 7.11 Å². The number of likely N-dealkylation sites (N-methyl/N-ethyl adjacent to an activating group) is 1. The van der Waals surface area contributed by atoms with Gasteiger partial charge < -0.3 is 10.5 Å². The first-order chi connectivity index (χ1) is 13.1. The predicted octanol–water partition coefficient (Wildman–Crippen LogP) is 1.56.